The minimum absolute atomic E-state index is 0.0338. The lowest BCUT2D eigenvalue weighted by atomic mass is 10.1. The number of hydrogen-bond donors (Lipinski definition) is 1. The zero-order valence-electron chi connectivity index (χ0n) is 13.9. The molecule has 24 heavy (non-hydrogen) atoms. The molecule has 0 aliphatic heterocycles. The van der Waals surface area contributed by atoms with E-state index in [1.54, 1.807) is 6.07 Å². The van der Waals surface area contributed by atoms with Crippen molar-refractivity contribution in [2.75, 3.05) is 24.8 Å². The standard InChI is InChI=1S/C15H22ClFN2O3S2/c1-4-24(21,22)18-14(8-9-23-3)15(20)19(2)10-11-12(16)6-5-7-13(11)17/h5-7,14,18H,4,8-10H2,1-3H3. The molecule has 0 aliphatic carbocycles. The molecular formula is C15H22ClFN2O3S2. The normalized spacial score (nSPS) is 12.9. The highest BCUT2D eigenvalue weighted by Gasteiger charge is 2.26. The molecule has 0 bridgehead atoms. The molecule has 0 heterocycles. The first-order chi connectivity index (χ1) is 11.2. The fourth-order valence-corrected chi connectivity index (χ4v) is 3.55. The van der Waals surface area contributed by atoms with Crippen molar-refractivity contribution in [3.63, 3.8) is 0 Å². The lowest BCUT2D eigenvalue weighted by molar-refractivity contribution is -0.132. The van der Waals surface area contributed by atoms with Crippen molar-refractivity contribution in [3.05, 3.63) is 34.6 Å². The van der Waals surface area contributed by atoms with E-state index in [0.717, 1.165) is 0 Å². The second kappa shape index (κ2) is 9.60. The number of carbonyl (C=O) groups is 1. The summed E-state index contributed by atoms with van der Waals surface area (Å²) >= 11 is 7.49. The Hall–Kier alpha value is -0.830. The van der Waals surface area contributed by atoms with Gasteiger partial charge in [-0.25, -0.2) is 17.5 Å². The van der Waals surface area contributed by atoms with E-state index in [4.69, 9.17) is 11.6 Å². The second-order valence-corrected chi connectivity index (χ2v) is 8.69. The van der Waals surface area contributed by atoms with Gasteiger partial charge in [-0.15, -0.1) is 0 Å². The summed E-state index contributed by atoms with van der Waals surface area (Å²) in [6, 6.07) is 3.42. The van der Waals surface area contributed by atoms with E-state index in [-0.39, 0.29) is 22.9 Å². The fraction of sp³-hybridized carbons (Fsp3) is 0.533. The van der Waals surface area contributed by atoms with Gasteiger partial charge in [0.05, 0.1) is 5.75 Å². The maximum Gasteiger partial charge on any atom is 0.240 e. The van der Waals surface area contributed by atoms with Crippen LogP contribution in [0.25, 0.3) is 0 Å². The molecule has 0 aliphatic rings. The lowest BCUT2D eigenvalue weighted by Gasteiger charge is -2.25. The summed E-state index contributed by atoms with van der Waals surface area (Å²) in [4.78, 5) is 13.9. The highest BCUT2D eigenvalue weighted by Crippen LogP contribution is 2.21. The van der Waals surface area contributed by atoms with Crippen LogP contribution in [0.1, 0.15) is 18.9 Å². The third-order valence-electron chi connectivity index (χ3n) is 3.44. The molecule has 5 nitrogen and oxygen atoms in total. The molecule has 1 N–H and O–H groups in total. The number of rotatable bonds is 9. The number of benzene rings is 1. The van der Waals surface area contributed by atoms with Crippen LogP contribution in [0, 0.1) is 5.82 Å². The molecule has 9 heteroatoms. The Morgan fingerprint density at radius 2 is 2.12 bits per heavy atom. The van der Waals surface area contributed by atoms with E-state index in [2.05, 4.69) is 4.72 Å². The Kier molecular flexibility index (Phi) is 8.49. The number of sulfonamides is 1. The van der Waals surface area contributed by atoms with Gasteiger partial charge < -0.3 is 4.90 Å². The van der Waals surface area contributed by atoms with Gasteiger partial charge in [0, 0.05) is 24.2 Å². The number of nitrogens with zero attached hydrogens (tertiary/aromatic N) is 1. The molecule has 0 saturated heterocycles. The third-order valence-corrected chi connectivity index (χ3v) is 5.85. The summed E-state index contributed by atoms with van der Waals surface area (Å²) in [6.45, 7) is 1.47. The summed E-state index contributed by atoms with van der Waals surface area (Å²) in [5, 5.41) is 0.226. The highest BCUT2D eigenvalue weighted by molar-refractivity contribution is 7.98. The van der Waals surface area contributed by atoms with Crippen LogP contribution in [0.15, 0.2) is 18.2 Å². The zero-order chi connectivity index (χ0) is 18.3. The molecule has 1 unspecified atom stereocenters. The van der Waals surface area contributed by atoms with E-state index < -0.39 is 27.8 Å². The topological polar surface area (TPSA) is 66.5 Å². The van der Waals surface area contributed by atoms with Crippen molar-refractivity contribution in [3.8, 4) is 0 Å². The molecule has 0 fully saturated rings. The largest absolute Gasteiger partial charge is 0.340 e. The van der Waals surface area contributed by atoms with Gasteiger partial charge in [-0.3, -0.25) is 4.79 Å². The first-order valence-corrected chi connectivity index (χ1v) is 10.8. The Labute approximate surface area is 152 Å². The fourth-order valence-electron chi connectivity index (χ4n) is 2.03. The van der Waals surface area contributed by atoms with E-state index >= 15 is 0 Å². The van der Waals surface area contributed by atoms with Gasteiger partial charge in [0.25, 0.3) is 0 Å². The minimum Gasteiger partial charge on any atom is -0.340 e. The zero-order valence-corrected chi connectivity index (χ0v) is 16.3. The summed E-state index contributed by atoms with van der Waals surface area (Å²) < 4.78 is 39.9. The van der Waals surface area contributed by atoms with Crippen LogP contribution in [0.4, 0.5) is 4.39 Å². The van der Waals surface area contributed by atoms with Crippen molar-refractivity contribution >= 4 is 39.3 Å². The van der Waals surface area contributed by atoms with Crippen LogP contribution >= 0.6 is 23.4 Å². The quantitative estimate of drug-likeness (QED) is 0.696. The molecule has 1 rings (SSSR count). The molecule has 0 spiro atoms. The molecule has 0 saturated carbocycles. The highest BCUT2D eigenvalue weighted by atomic mass is 35.5. The number of amides is 1. The summed E-state index contributed by atoms with van der Waals surface area (Å²) in [5.41, 5.74) is 0.206. The molecule has 0 aromatic heterocycles. The first-order valence-electron chi connectivity index (χ1n) is 7.38. The molecule has 136 valence electrons. The van der Waals surface area contributed by atoms with E-state index in [9.17, 15) is 17.6 Å². The molecule has 1 amide bonds. The van der Waals surface area contributed by atoms with Gasteiger partial charge >= 0.3 is 0 Å². The van der Waals surface area contributed by atoms with Crippen molar-refractivity contribution in [1.29, 1.82) is 0 Å². The monoisotopic (exact) mass is 396 g/mol. The van der Waals surface area contributed by atoms with Crippen LogP contribution < -0.4 is 4.72 Å². The van der Waals surface area contributed by atoms with Gasteiger partial charge in [0.1, 0.15) is 11.9 Å². The number of nitrogens with one attached hydrogen (secondary N) is 1. The lowest BCUT2D eigenvalue weighted by Crippen LogP contribution is -2.47. The summed E-state index contributed by atoms with van der Waals surface area (Å²) in [6.07, 6.45) is 2.23. The number of carbonyl (C=O) groups excluding carboxylic acids is 1. The van der Waals surface area contributed by atoms with E-state index in [1.807, 2.05) is 6.26 Å². The SMILES string of the molecule is CCS(=O)(=O)NC(CCSC)C(=O)N(C)Cc1c(F)cccc1Cl. The number of thioether (sulfide) groups is 1. The van der Waals surface area contributed by atoms with Crippen LogP contribution in [0.3, 0.4) is 0 Å². The maximum absolute atomic E-state index is 13.9. The number of halogens is 2. The van der Waals surface area contributed by atoms with Crippen LogP contribution in [-0.4, -0.2) is 50.1 Å². The van der Waals surface area contributed by atoms with Crippen molar-refractivity contribution in [1.82, 2.24) is 9.62 Å². The summed E-state index contributed by atoms with van der Waals surface area (Å²) in [7, 11) is -2.03. The average molecular weight is 397 g/mol. The van der Waals surface area contributed by atoms with E-state index in [1.165, 1.54) is 42.8 Å². The first kappa shape index (κ1) is 21.2. The Balaban J connectivity index is 2.92. The smallest absolute Gasteiger partial charge is 0.240 e. The van der Waals surface area contributed by atoms with Crippen LogP contribution in [-0.2, 0) is 21.4 Å². The summed E-state index contributed by atoms with van der Waals surface area (Å²) in [5.74, 6) is -0.409. The van der Waals surface area contributed by atoms with Crippen molar-refractivity contribution < 1.29 is 17.6 Å². The Bertz CT molecular complexity index is 650. The van der Waals surface area contributed by atoms with Gasteiger partial charge in [-0.2, -0.15) is 11.8 Å². The van der Waals surface area contributed by atoms with Crippen molar-refractivity contribution in [2.24, 2.45) is 0 Å². The van der Waals surface area contributed by atoms with E-state index in [0.29, 0.717) is 12.2 Å². The third kappa shape index (κ3) is 6.23. The van der Waals surface area contributed by atoms with Crippen molar-refractivity contribution in [2.45, 2.75) is 25.9 Å². The molecule has 0 radical (unpaired) electrons. The molecular weight excluding hydrogens is 375 g/mol. The van der Waals surface area contributed by atoms with Crippen LogP contribution in [0.2, 0.25) is 5.02 Å². The Morgan fingerprint density at radius 1 is 1.46 bits per heavy atom. The predicted molar refractivity (Wildman–Crippen MR) is 97.3 cm³/mol. The van der Waals surface area contributed by atoms with Crippen LogP contribution in [0.5, 0.6) is 0 Å². The Morgan fingerprint density at radius 3 is 2.67 bits per heavy atom. The maximum atomic E-state index is 13.9. The van der Waals surface area contributed by atoms with Gasteiger partial charge in [0.15, 0.2) is 0 Å². The van der Waals surface area contributed by atoms with Gasteiger partial charge in [-0.1, -0.05) is 17.7 Å². The number of likely N-dealkylation sites (N-methyl/N-ethyl adjacent to an activating group) is 1. The van der Waals surface area contributed by atoms with Gasteiger partial charge in [0.2, 0.25) is 15.9 Å². The molecule has 1 atom stereocenters. The average Bonchev–Trinajstić information content (AvgIpc) is 2.54. The minimum atomic E-state index is -3.52. The predicted octanol–water partition coefficient (Wildman–Crippen LogP) is 2.50. The molecule has 1 aromatic rings. The van der Waals surface area contributed by atoms with Gasteiger partial charge in [-0.05, 0) is 37.5 Å². The second-order valence-electron chi connectivity index (χ2n) is 5.25. The number of hydrogen-bond acceptors (Lipinski definition) is 4. The molecule has 1 aromatic carbocycles.